The third kappa shape index (κ3) is 3.06. The van der Waals surface area contributed by atoms with Gasteiger partial charge in [-0.15, -0.1) is 0 Å². The lowest BCUT2D eigenvalue weighted by Crippen LogP contribution is -2.02. The molecule has 0 fully saturated rings. The molecule has 2 heterocycles. The van der Waals surface area contributed by atoms with E-state index in [0.717, 1.165) is 43.0 Å². The van der Waals surface area contributed by atoms with Crippen LogP contribution in [0.2, 0.25) is 0 Å². The van der Waals surface area contributed by atoms with E-state index in [1.807, 2.05) is 23.1 Å². The number of hydrogen-bond donors (Lipinski definition) is 1. The highest BCUT2D eigenvalue weighted by molar-refractivity contribution is 5.60. The average molecular weight is 245 g/mol. The lowest BCUT2D eigenvalue weighted by molar-refractivity contribution is 0.603. The van der Waals surface area contributed by atoms with Crippen LogP contribution in [0.4, 0.5) is 5.82 Å². The van der Waals surface area contributed by atoms with Crippen LogP contribution in [0.15, 0.2) is 24.8 Å². The molecule has 1 N–H and O–H groups in total. The highest BCUT2D eigenvalue weighted by atomic mass is 15.3. The first kappa shape index (κ1) is 12.5. The Labute approximate surface area is 107 Å². The fraction of sp³-hybridized carbons (Fsp3) is 0.462. The van der Waals surface area contributed by atoms with E-state index in [1.54, 1.807) is 6.33 Å². The van der Waals surface area contributed by atoms with E-state index >= 15 is 0 Å². The lowest BCUT2D eigenvalue weighted by atomic mass is 10.2. The number of aryl methyl sites for hydroxylation is 1. The summed E-state index contributed by atoms with van der Waals surface area (Å²) in [6.07, 6.45) is 7.61. The average Bonchev–Trinajstić information content (AvgIpc) is 2.86. The van der Waals surface area contributed by atoms with E-state index in [2.05, 4.69) is 34.2 Å². The van der Waals surface area contributed by atoms with Crippen LogP contribution in [0, 0.1) is 0 Å². The molecule has 2 aromatic rings. The molecule has 5 heteroatoms. The molecule has 0 unspecified atom stereocenters. The smallest absolute Gasteiger partial charge is 0.129 e. The van der Waals surface area contributed by atoms with Gasteiger partial charge in [0.25, 0.3) is 0 Å². The zero-order valence-corrected chi connectivity index (χ0v) is 10.9. The summed E-state index contributed by atoms with van der Waals surface area (Å²) in [7, 11) is 0. The quantitative estimate of drug-likeness (QED) is 0.849. The summed E-state index contributed by atoms with van der Waals surface area (Å²) < 4.78 is 1.94. The second-order valence-electron chi connectivity index (χ2n) is 4.21. The summed E-state index contributed by atoms with van der Waals surface area (Å²) in [4.78, 5) is 8.48. The molecule has 0 saturated heterocycles. The lowest BCUT2D eigenvalue weighted by Gasteiger charge is -2.04. The normalized spacial score (nSPS) is 10.6. The van der Waals surface area contributed by atoms with Gasteiger partial charge in [0.05, 0.1) is 11.9 Å². The Morgan fingerprint density at radius 1 is 1.22 bits per heavy atom. The van der Waals surface area contributed by atoms with Crippen LogP contribution in [0.5, 0.6) is 0 Å². The summed E-state index contributed by atoms with van der Waals surface area (Å²) in [6.45, 7) is 6.13. The predicted molar refractivity (Wildman–Crippen MR) is 72.3 cm³/mol. The molecule has 0 atom stereocenters. The fourth-order valence-corrected chi connectivity index (χ4v) is 1.71. The molecule has 0 spiro atoms. The molecular weight excluding hydrogens is 226 g/mol. The van der Waals surface area contributed by atoms with E-state index in [1.165, 1.54) is 0 Å². The molecule has 0 bridgehead atoms. The minimum atomic E-state index is 0.866. The van der Waals surface area contributed by atoms with Crippen molar-refractivity contribution in [2.45, 2.75) is 33.2 Å². The van der Waals surface area contributed by atoms with Crippen molar-refractivity contribution < 1.29 is 0 Å². The first-order chi connectivity index (χ1) is 8.83. The number of rotatable bonds is 6. The molecule has 2 rings (SSSR count). The van der Waals surface area contributed by atoms with Crippen LogP contribution in [0.25, 0.3) is 11.3 Å². The van der Waals surface area contributed by atoms with Crippen molar-refractivity contribution in [3.63, 3.8) is 0 Å². The van der Waals surface area contributed by atoms with Crippen LogP contribution in [-0.4, -0.2) is 26.3 Å². The summed E-state index contributed by atoms with van der Waals surface area (Å²) in [6, 6.07) is 1.96. The van der Waals surface area contributed by atoms with E-state index < -0.39 is 0 Å². The molecule has 0 aromatic carbocycles. The number of nitrogens with one attached hydrogen (secondary N) is 1. The SMILES string of the molecule is CCCNc1cc(-c2cnn(CCC)c2)ncn1. The van der Waals surface area contributed by atoms with E-state index in [4.69, 9.17) is 0 Å². The van der Waals surface area contributed by atoms with Gasteiger partial charge in [-0.1, -0.05) is 13.8 Å². The number of hydrogen-bond acceptors (Lipinski definition) is 4. The fourth-order valence-electron chi connectivity index (χ4n) is 1.71. The highest BCUT2D eigenvalue weighted by Crippen LogP contribution is 2.17. The van der Waals surface area contributed by atoms with Gasteiger partial charge in [0.2, 0.25) is 0 Å². The van der Waals surface area contributed by atoms with Gasteiger partial charge in [0.1, 0.15) is 12.1 Å². The third-order valence-electron chi connectivity index (χ3n) is 2.60. The van der Waals surface area contributed by atoms with Crippen molar-refractivity contribution in [2.75, 3.05) is 11.9 Å². The third-order valence-corrected chi connectivity index (χ3v) is 2.60. The first-order valence-corrected chi connectivity index (χ1v) is 6.42. The molecule has 0 aliphatic rings. The van der Waals surface area contributed by atoms with Gasteiger partial charge >= 0.3 is 0 Å². The van der Waals surface area contributed by atoms with E-state index in [-0.39, 0.29) is 0 Å². The topological polar surface area (TPSA) is 55.6 Å². The van der Waals surface area contributed by atoms with Crippen molar-refractivity contribution in [3.8, 4) is 11.3 Å². The van der Waals surface area contributed by atoms with Crippen molar-refractivity contribution in [2.24, 2.45) is 0 Å². The van der Waals surface area contributed by atoms with Gasteiger partial charge in [-0.25, -0.2) is 9.97 Å². The largest absolute Gasteiger partial charge is 0.370 e. The Morgan fingerprint density at radius 2 is 2.11 bits per heavy atom. The molecule has 0 radical (unpaired) electrons. The van der Waals surface area contributed by atoms with Crippen LogP contribution >= 0.6 is 0 Å². The summed E-state index contributed by atoms with van der Waals surface area (Å²) >= 11 is 0. The molecular formula is C13H19N5. The molecule has 0 amide bonds. The van der Waals surface area contributed by atoms with Gasteiger partial charge < -0.3 is 5.32 Å². The van der Waals surface area contributed by atoms with Crippen LogP contribution in [0.1, 0.15) is 26.7 Å². The van der Waals surface area contributed by atoms with Crippen LogP contribution < -0.4 is 5.32 Å². The highest BCUT2D eigenvalue weighted by Gasteiger charge is 2.04. The van der Waals surface area contributed by atoms with Gasteiger partial charge in [0.15, 0.2) is 0 Å². The Bertz CT molecular complexity index is 492. The molecule has 0 saturated carbocycles. The maximum Gasteiger partial charge on any atom is 0.129 e. The van der Waals surface area contributed by atoms with Gasteiger partial charge in [-0.05, 0) is 12.8 Å². The summed E-state index contributed by atoms with van der Waals surface area (Å²) in [5, 5.41) is 7.57. The predicted octanol–water partition coefficient (Wildman–Crippen LogP) is 2.57. The van der Waals surface area contributed by atoms with Crippen molar-refractivity contribution >= 4 is 5.82 Å². The number of nitrogens with zero attached hydrogens (tertiary/aromatic N) is 4. The standard InChI is InChI=1S/C13H19N5/c1-3-5-14-13-7-12(15-10-16-13)11-8-17-18(9-11)6-4-2/h7-10H,3-6H2,1-2H3,(H,14,15,16). The number of aromatic nitrogens is 4. The second-order valence-corrected chi connectivity index (χ2v) is 4.21. The van der Waals surface area contributed by atoms with Crippen LogP contribution in [0.3, 0.4) is 0 Å². The molecule has 0 aliphatic carbocycles. The second kappa shape index (κ2) is 6.14. The zero-order valence-electron chi connectivity index (χ0n) is 10.9. The first-order valence-electron chi connectivity index (χ1n) is 6.42. The van der Waals surface area contributed by atoms with Gasteiger partial charge in [-0.3, -0.25) is 4.68 Å². The minimum Gasteiger partial charge on any atom is -0.370 e. The molecule has 96 valence electrons. The molecule has 18 heavy (non-hydrogen) atoms. The minimum absolute atomic E-state index is 0.866. The van der Waals surface area contributed by atoms with Crippen LogP contribution in [-0.2, 0) is 6.54 Å². The Balaban J connectivity index is 2.15. The maximum atomic E-state index is 4.31. The van der Waals surface area contributed by atoms with Crippen molar-refractivity contribution in [3.05, 3.63) is 24.8 Å². The number of anilines is 1. The molecule has 2 aromatic heterocycles. The molecule has 5 nitrogen and oxygen atoms in total. The van der Waals surface area contributed by atoms with Gasteiger partial charge in [0, 0.05) is 30.9 Å². The molecule has 0 aliphatic heterocycles. The summed E-state index contributed by atoms with van der Waals surface area (Å²) in [5.41, 5.74) is 1.94. The Kier molecular flexibility index (Phi) is 4.28. The maximum absolute atomic E-state index is 4.31. The van der Waals surface area contributed by atoms with E-state index in [9.17, 15) is 0 Å². The zero-order chi connectivity index (χ0) is 12.8. The van der Waals surface area contributed by atoms with E-state index in [0.29, 0.717) is 0 Å². The van der Waals surface area contributed by atoms with Gasteiger partial charge in [-0.2, -0.15) is 5.10 Å². The monoisotopic (exact) mass is 245 g/mol. The van der Waals surface area contributed by atoms with Crippen molar-refractivity contribution in [1.82, 2.24) is 19.7 Å². The Morgan fingerprint density at radius 3 is 2.89 bits per heavy atom. The van der Waals surface area contributed by atoms with Crippen molar-refractivity contribution in [1.29, 1.82) is 0 Å². The summed E-state index contributed by atoms with van der Waals surface area (Å²) in [5.74, 6) is 0.866. The Hall–Kier alpha value is -1.91.